The summed E-state index contributed by atoms with van der Waals surface area (Å²) >= 11 is 3.26. The van der Waals surface area contributed by atoms with Crippen molar-refractivity contribution in [1.82, 2.24) is 5.43 Å². The molecule has 0 aliphatic rings. The molecule has 0 radical (unpaired) electrons. The smallest absolute Gasteiger partial charge is 0.271 e. The van der Waals surface area contributed by atoms with Gasteiger partial charge in [0.1, 0.15) is 5.82 Å². The third kappa shape index (κ3) is 4.64. The minimum atomic E-state index is -0.403. The molecule has 126 valence electrons. The minimum absolute atomic E-state index is 0.293. The fraction of sp³-hybridized carbons (Fsp3) is 0.222. The first-order valence-electron chi connectivity index (χ1n) is 7.68. The second-order valence-electron chi connectivity index (χ2n) is 5.08. The lowest BCUT2D eigenvalue weighted by molar-refractivity contribution is 0.0955. The van der Waals surface area contributed by atoms with Gasteiger partial charge < -0.3 is 4.90 Å². The lowest BCUT2D eigenvalue weighted by Crippen LogP contribution is -2.22. The van der Waals surface area contributed by atoms with E-state index in [2.05, 4.69) is 45.2 Å². The maximum atomic E-state index is 13.6. The van der Waals surface area contributed by atoms with Crippen molar-refractivity contribution in [2.45, 2.75) is 13.8 Å². The van der Waals surface area contributed by atoms with Gasteiger partial charge in [0.05, 0.1) is 6.21 Å². The maximum absolute atomic E-state index is 13.6. The Morgan fingerprint density at radius 2 is 1.88 bits per heavy atom. The number of benzene rings is 2. The van der Waals surface area contributed by atoms with E-state index in [1.807, 2.05) is 12.1 Å². The predicted octanol–water partition coefficient (Wildman–Crippen LogP) is 4.20. The van der Waals surface area contributed by atoms with Crippen LogP contribution >= 0.6 is 15.9 Å². The largest absolute Gasteiger partial charge is 0.372 e. The van der Waals surface area contributed by atoms with Gasteiger partial charge in [0.2, 0.25) is 0 Å². The Labute approximate surface area is 149 Å². The second kappa shape index (κ2) is 8.59. The van der Waals surface area contributed by atoms with E-state index < -0.39 is 5.82 Å². The van der Waals surface area contributed by atoms with E-state index in [-0.39, 0.29) is 5.91 Å². The molecule has 0 bridgehead atoms. The third-order valence-corrected chi connectivity index (χ3v) is 4.08. The van der Waals surface area contributed by atoms with E-state index >= 15 is 0 Å². The van der Waals surface area contributed by atoms with Crippen molar-refractivity contribution in [1.29, 1.82) is 0 Å². The molecule has 0 heterocycles. The van der Waals surface area contributed by atoms with Gasteiger partial charge in [-0.05, 0) is 56.3 Å². The average molecular weight is 392 g/mol. The van der Waals surface area contributed by atoms with Crippen molar-refractivity contribution in [3.63, 3.8) is 0 Å². The number of hydrazone groups is 1. The van der Waals surface area contributed by atoms with E-state index in [1.165, 1.54) is 12.3 Å². The normalized spacial score (nSPS) is 10.8. The van der Waals surface area contributed by atoms with Gasteiger partial charge in [0.15, 0.2) is 0 Å². The molecule has 2 rings (SSSR count). The standard InChI is InChI=1S/C18H19BrFN3O/c1-3-23(4-2)16-8-5-13(6-9-16)18(24)22-21-12-14-11-15(19)7-10-17(14)20/h5-12H,3-4H2,1-2H3,(H,22,24)/b21-12-. The lowest BCUT2D eigenvalue weighted by atomic mass is 10.2. The molecule has 0 fully saturated rings. The number of anilines is 1. The molecular formula is C18H19BrFN3O. The van der Waals surface area contributed by atoms with Crippen LogP contribution in [0, 0.1) is 5.82 Å². The Morgan fingerprint density at radius 1 is 1.21 bits per heavy atom. The Balaban J connectivity index is 2.02. The molecule has 0 saturated heterocycles. The van der Waals surface area contributed by atoms with Crippen LogP contribution in [-0.2, 0) is 0 Å². The topological polar surface area (TPSA) is 44.7 Å². The van der Waals surface area contributed by atoms with Crippen molar-refractivity contribution in [3.05, 3.63) is 63.9 Å². The van der Waals surface area contributed by atoms with Crippen LogP contribution in [0.5, 0.6) is 0 Å². The monoisotopic (exact) mass is 391 g/mol. The third-order valence-electron chi connectivity index (χ3n) is 3.59. The van der Waals surface area contributed by atoms with Gasteiger partial charge in [-0.25, -0.2) is 9.82 Å². The van der Waals surface area contributed by atoms with Crippen LogP contribution in [0.3, 0.4) is 0 Å². The van der Waals surface area contributed by atoms with Crippen LogP contribution in [0.1, 0.15) is 29.8 Å². The van der Waals surface area contributed by atoms with Crippen molar-refractivity contribution < 1.29 is 9.18 Å². The van der Waals surface area contributed by atoms with Crippen molar-refractivity contribution in [2.75, 3.05) is 18.0 Å². The van der Waals surface area contributed by atoms with Crippen LogP contribution in [0.15, 0.2) is 52.0 Å². The number of hydrogen-bond donors (Lipinski definition) is 1. The van der Waals surface area contributed by atoms with Crippen LogP contribution in [0.25, 0.3) is 0 Å². The molecule has 0 unspecified atom stereocenters. The summed E-state index contributed by atoms with van der Waals surface area (Å²) in [5, 5.41) is 3.81. The highest BCUT2D eigenvalue weighted by atomic mass is 79.9. The zero-order chi connectivity index (χ0) is 17.5. The Bertz CT molecular complexity index is 728. The van der Waals surface area contributed by atoms with Crippen LogP contribution in [0.4, 0.5) is 10.1 Å². The first-order chi connectivity index (χ1) is 11.5. The highest BCUT2D eigenvalue weighted by molar-refractivity contribution is 9.10. The summed E-state index contributed by atoms with van der Waals surface area (Å²) in [4.78, 5) is 14.3. The number of carbonyl (C=O) groups is 1. The number of halogens is 2. The van der Waals surface area contributed by atoms with Crippen LogP contribution < -0.4 is 10.3 Å². The summed E-state index contributed by atoms with van der Waals surface area (Å²) in [6.45, 7) is 5.98. The summed E-state index contributed by atoms with van der Waals surface area (Å²) in [5.74, 6) is -0.743. The molecule has 0 atom stereocenters. The molecule has 0 aromatic heterocycles. The van der Waals surface area contributed by atoms with E-state index in [9.17, 15) is 9.18 Å². The summed E-state index contributed by atoms with van der Waals surface area (Å²) in [6, 6.07) is 11.8. The van der Waals surface area contributed by atoms with Crippen LogP contribution in [0.2, 0.25) is 0 Å². The molecule has 1 N–H and O–H groups in total. The highest BCUT2D eigenvalue weighted by Gasteiger charge is 2.06. The first-order valence-corrected chi connectivity index (χ1v) is 8.48. The second-order valence-corrected chi connectivity index (χ2v) is 6.00. The van der Waals surface area contributed by atoms with Gasteiger partial charge in [0.25, 0.3) is 5.91 Å². The van der Waals surface area contributed by atoms with Crippen molar-refractivity contribution >= 4 is 33.7 Å². The Kier molecular flexibility index (Phi) is 6.49. The number of carbonyl (C=O) groups excluding carboxylic acids is 1. The summed E-state index contributed by atoms with van der Waals surface area (Å²) in [6.07, 6.45) is 1.28. The van der Waals surface area contributed by atoms with Crippen molar-refractivity contribution in [2.24, 2.45) is 5.10 Å². The lowest BCUT2D eigenvalue weighted by Gasteiger charge is -2.20. The first kappa shape index (κ1) is 18.1. The van der Waals surface area contributed by atoms with Gasteiger partial charge in [-0.1, -0.05) is 15.9 Å². The molecule has 0 spiro atoms. The van der Waals surface area contributed by atoms with Gasteiger partial charge in [-0.15, -0.1) is 0 Å². The van der Waals surface area contributed by atoms with E-state index in [1.54, 1.807) is 24.3 Å². The Morgan fingerprint density at radius 3 is 2.50 bits per heavy atom. The van der Waals surface area contributed by atoms with Crippen LogP contribution in [-0.4, -0.2) is 25.2 Å². The molecular weight excluding hydrogens is 373 g/mol. The molecule has 6 heteroatoms. The molecule has 0 saturated carbocycles. The summed E-state index contributed by atoms with van der Waals surface area (Å²) < 4.78 is 14.3. The molecule has 0 aliphatic heterocycles. The molecule has 2 aromatic carbocycles. The summed E-state index contributed by atoms with van der Waals surface area (Å²) in [5.41, 5.74) is 4.26. The predicted molar refractivity (Wildman–Crippen MR) is 99.2 cm³/mol. The minimum Gasteiger partial charge on any atom is -0.372 e. The number of nitrogens with one attached hydrogen (secondary N) is 1. The quantitative estimate of drug-likeness (QED) is 0.592. The van der Waals surface area contributed by atoms with E-state index in [0.29, 0.717) is 11.1 Å². The van der Waals surface area contributed by atoms with E-state index in [0.717, 1.165) is 23.2 Å². The number of nitrogens with zero attached hydrogens (tertiary/aromatic N) is 2. The fourth-order valence-corrected chi connectivity index (χ4v) is 2.63. The highest BCUT2D eigenvalue weighted by Crippen LogP contribution is 2.15. The van der Waals surface area contributed by atoms with Gasteiger partial charge in [0, 0.05) is 34.4 Å². The molecule has 0 aliphatic carbocycles. The van der Waals surface area contributed by atoms with E-state index in [4.69, 9.17) is 0 Å². The molecule has 24 heavy (non-hydrogen) atoms. The van der Waals surface area contributed by atoms with Gasteiger partial charge in [-0.3, -0.25) is 4.79 Å². The fourth-order valence-electron chi connectivity index (χ4n) is 2.25. The van der Waals surface area contributed by atoms with Gasteiger partial charge >= 0.3 is 0 Å². The number of hydrogen-bond acceptors (Lipinski definition) is 3. The Hall–Kier alpha value is -2.21. The molecule has 2 aromatic rings. The van der Waals surface area contributed by atoms with Gasteiger partial charge in [-0.2, -0.15) is 5.10 Å². The molecule has 1 amide bonds. The maximum Gasteiger partial charge on any atom is 0.271 e. The zero-order valence-electron chi connectivity index (χ0n) is 13.6. The SMILES string of the molecule is CCN(CC)c1ccc(C(=O)N/N=C\c2cc(Br)ccc2F)cc1. The number of amides is 1. The van der Waals surface area contributed by atoms with Crippen molar-refractivity contribution in [3.8, 4) is 0 Å². The number of rotatable bonds is 6. The molecule has 4 nitrogen and oxygen atoms in total. The average Bonchev–Trinajstić information content (AvgIpc) is 2.59. The zero-order valence-corrected chi connectivity index (χ0v) is 15.2. The summed E-state index contributed by atoms with van der Waals surface area (Å²) in [7, 11) is 0.